The van der Waals surface area contributed by atoms with E-state index in [0.29, 0.717) is 19.8 Å². The lowest BCUT2D eigenvalue weighted by Gasteiger charge is -2.23. The molecule has 0 bridgehead atoms. The summed E-state index contributed by atoms with van der Waals surface area (Å²) >= 11 is 0. The van der Waals surface area contributed by atoms with Gasteiger partial charge in [-0.3, -0.25) is 4.79 Å². The van der Waals surface area contributed by atoms with Crippen molar-refractivity contribution in [3.8, 4) is 0 Å². The van der Waals surface area contributed by atoms with Crippen LogP contribution in [-0.2, 0) is 14.3 Å². The number of hydrogen-bond donors (Lipinski definition) is 2. The molecule has 0 aromatic rings. The zero-order chi connectivity index (χ0) is 12.5. The summed E-state index contributed by atoms with van der Waals surface area (Å²) in [5.41, 5.74) is 0. The van der Waals surface area contributed by atoms with Crippen LogP contribution in [0.1, 0.15) is 26.7 Å². The SMILES string of the molecule is CCOC(CNC(=O)[C@@H]1CCCNC1)OCC. The molecule has 0 aromatic heterocycles. The average molecular weight is 244 g/mol. The fourth-order valence-electron chi connectivity index (χ4n) is 1.94. The molecular formula is C12H24N2O3. The number of piperidine rings is 1. The number of hydrogen-bond acceptors (Lipinski definition) is 4. The summed E-state index contributed by atoms with van der Waals surface area (Å²) < 4.78 is 10.7. The molecule has 1 saturated heterocycles. The van der Waals surface area contributed by atoms with Crippen molar-refractivity contribution in [2.24, 2.45) is 5.92 Å². The Hall–Kier alpha value is -0.650. The summed E-state index contributed by atoms with van der Waals surface area (Å²) in [6.45, 7) is 7.23. The summed E-state index contributed by atoms with van der Waals surface area (Å²) in [6.07, 6.45) is 1.70. The molecule has 2 N–H and O–H groups in total. The van der Waals surface area contributed by atoms with E-state index in [-0.39, 0.29) is 18.1 Å². The molecule has 1 amide bonds. The van der Waals surface area contributed by atoms with E-state index >= 15 is 0 Å². The highest BCUT2D eigenvalue weighted by Crippen LogP contribution is 2.09. The first kappa shape index (κ1) is 14.4. The maximum atomic E-state index is 11.8. The Morgan fingerprint density at radius 1 is 1.41 bits per heavy atom. The molecule has 1 atom stereocenters. The van der Waals surface area contributed by atoms with Gasteiger partial charge >= 0.3 is 0 Å². The molecule has 0 radical (unpaired) electrons. The molecule has 1 fully saturated rings. The van der Waals surface area contributed by atoms with E-state index < -0.39 is 0 Å². The van der Waals surface area contributed by atoms with Gasteiger partial charge in [-0.2, -0.15) is 0 Å². The van der Waals surface area contributed by atoms with Crippen molar-refractivity contribution in [3.05, 3.63) is 0 Å². The van der Waals surface area contributed by atoms with Crippen LogP contribution < -0.4 is 10.6 Å². The van der Waals surface area contributed by atoms with Crippen LogP contribution >= 0.6 is 0 Å². The average Bonchev–Trinajstić information content (AvgIpc) is 2.37. The molecule has 100 valence electrons. The van der Waals surface area contributed by atoms with Gasteiger partial charge in [0.15, 0.2) is 6.29 Å². The van der Waals surface area contributed by atoms with Crippen molar-refractivity contribution in [2.45, 2.75) is 33.0 Å². The second kappa shape index (κ2) is 8.44. The third-order valence-electron chi connectivity index (χ3n) is 2.82. The molecule has 1 heterocycles. The Bertz CT molecular complexity index is 212. The van der Waals surface area contributed by atoms with Gasteiger partial charge in [0.1, 0.15) is 0 Å². The molecule has 1 aliphatic heterocycles. The van der Waals surface area contributed by atoms with E-state index in [2.05, 4.69) is 10.6 Å². The van der Waals surface area contributed by atoms with E-state index in [9.17, 15) is 4.79 Å². The van der Waals surface area contributed by atoms with Crippen LogP contribution in [0.25, 0.3) is 0 Å². The van der Waals surface area contributed by atoms with E-state index in [1.807, 2.05) is 13.8 Å². The number of rotatable bonds is 7. The second-order valence-corrected chi connectivity index (χ2v) is 4.13. The standard InChI is InChI=1S/C12H24N2O3/c1-3-16-11(17-4-2)9-14-12(15)10-6-5-7-13-8-10/h10-11,13H,3-9H2,1-2H3,(H,14,15)/t10-/m1/s1. The molecule has 0 unspecified atom stereocenters. The van der Waals surface area contributed by atoms with E-state index in [0.717, 1.165) is 25.9 Å². The highest BCUT2D eigenvalue weighted by Gasteiger charge is 2.21. The van der Waals surface area contributed by atoms with Gasteiger partial charge in [-0.25, -0.2) is 0 Å². The van der Waals surface area contributed by atoms with Crippen molar-refractivity contribution in [3.63, 3.8) is 0 Å². The molecule has 5 nitrogen and oxygen atoms in total. The monoisotopic (exact) mass is 244 g/mol. The summed E-state index contributed by atoms with van der Waals surface area (Å²) in [5, 5.41) is 6.12. The minimum absolute atomic E-state index is 0.0904. The fraction of sp³-hybridized carbons (Fsp3) is 0.917. The Balaban J connectivity index is 2.24. The van der Waals surface area contributed by atoms with Crippen LogP contribution in [0.15, 0.2) is 0 Å². The lowest BCUT2D eigenvalue weighted by atomic mass is 9.99. The molecule has 17 heavy (non-hydrogen) atoms. The summed E-state index contributed by atoms with van der Waals surface area (Å²) in [7, 11) is 0. The lowest BCUT2D eigenvalue weighted by molar-refractivity contribution is -0.142. The third kappa shape index (κ3) is 5.48. The highest BCUT2D eigenvalue weighted by atomic mass is 16.7. The van der Waals surface area contributed by atoms with Crippen molar-refractivity contribution in [1.29, 1.82) is 0 Å². The van der Waals surface area contributed by atoms with E-state index in [1.54, 1.807) is 0 Å². The first-order valence-electron chi connectivity index (χ1n) is 6.49. The van der Waals surface area contributed by atoms with Crippen LogP contribution in [0.2, 0.25) is 0 Å². The van der Waals surface area contributed by atoms with Crippen LogP contribution in [0.4, 0.5) is 0 Å². The number of nitrogens with one attached hydrogen (secondary N) is 2. The van der Waals surface area contributed by atoms with Crippen LogP contribution in [0.3, 0.4) is 0 Å². The number of ether oxygens (including phenoxy) is 2. The van der Waals surface area contributed by atoms with Gasteiger partial charge in [0, 0.05) is 19.8 Å². The minimum Gasteiger partial charge on any atom is -0.351 e. The molecule has 1 aliphatic rings. The van der Waals surface area contributed by atoms with Crippen LogP contribution in [0, 0.1) is 5.92 Å². The minimum atomic E-state index is -0.328. The Kier molecular flexibility index (Phi) is 7.16. The van der Waals surface area contributed by atoms with Crippen LogP contribution in [0.5, 0.6) is 0 Å². The zero-order valence-electron chi connectivity index (χ0n) is 10.8. The van der Waals surface area contributed by atoms with Crippen molar-refractivity contribution >= 4 is 5.91 Å². The molecular weight excluding hydrogens is 220 g/mol. The third-order valence-corrected chi connectivity index (χ3v) is 2.82. The number of carbonyl (C=O) groups excluding carboxylic acids is 1. The zero-order valence-corrected chi connectivity index (χ0v) is 10.8. The van der Waals surface area contributed by atoms with Gasteiger partial charge in [0.05, 0.1) is 12.5 Å². The highest BCUT2D eigenvalue weighted by molar-refractivity contribution is 5.78. The molecule has 1 rings (SSSR count). The van der Waals surface area contributed by atoms with Gasteiger partial charge in [-0.05, 0) is 33.2 Å². The molecule has 0 spiro atoms. The van der Waals surface area contributed by atoms with Crippen molar-refractivity contribution < 1.29 is 14.3 Å². The smallest absolute Gasteiger partial charge is 0.224 e. The lowest BCUT2D eigenvalue weighted by Crippen LogP contribution is -2.43. The number of amides is 1. The number of carbonyl (C=O) groups is 1. The largest absolute Gasteiger partial charge is 0.351 e. The Labute approximate surface area is 103 Å². The predicted molar refractivity (Wildman–Crippen MR) is 65.6 cm³/mol. The maximum Gasteiger partial charge on any atom is 0.224 e. The van der Waals surface area contributed by atoms with Gasteiger partial charge in [-0.15, -0.1) is 0 Å². The van der Waals surface area contributed by atoms with Gasteiger partial charge in [0.2, 0.25) is 5.91 Å². The second-order valence-electron chi connectivity index (χ2n) is 4.13. The molecule has 0 saturated carbocycles. The summed E-state index contributed by atoms with van der Waals surface area (Å²) in [4.78, 5) is 11.8. The quantitative estimate of drug-likeness (QED) is 0.640. The van der Waals surface area contributed by atoms with E-state index in [4.69, 9.17) is 9.47 Å². The molecule has 0 aromatic carbocycles. The first-order valence-corrected chi connectivity index (χ1v) is 6.49. The topological polar surface area (TPSA) is 59.6 Å². The van der Waals surface area contributed by atoms with Crippen molar-refractivity contribution in [2.75, 3.05) is 32.8 Å². The van der Waals surface area contributed by atoms with Gasteiger partial charge in [0.25, 0.3) is 0 Å². The Morgan fingerprint density at radius 2 is 2.12 bits per heavy atom. The summed E-state index contributed by atoms with van der Waals surface area (Å²) in [6, 6.07) is 0. The molecule has 5 heteroatoms. The van der Waals surface area contributed by atoms with Gasteiger partial charge in [-0.1, -0.05) is 0 Å². The first-order chi connectivity index (χ1) is 8.27. The maximum absolute atomic E-state index is 11.8. The normalized spacial score (nSPS) is 20.5. The molecule has 0 aliphatic carbocycles. The predicted octanol–water partition coefficient (Wildman–Crippen LogP) is 0.501. The van der Waals surface area contributed by atoms with E-state index in [1.165, 1.54) is 0 Å². The Morgan fingerprint density at radius 3 is 2.65 bits per heavy atom. The fourth-order valence-corrected chi connectivity index (χ4v) is 1.94. The van der Waals surface area contributed by atoms with Crippen molar-refractivity contribution in [1.82, 2.24) is 10.6 Å². The summed E-state index contributed by atoms with van der Waals surface area (Å²) in [5.74, 6) is 0.189. The van der Waals surface area contributed by atoms with Crippen LogP contribution in [-0.4, -0.2) is 45.0 Å². The van der Waals surface area contributed by atoms with Gasteiger partial charge < -0.3 is 20.1 Å².